The Morgan fingerprint density at radius 3 is 1.80 bits per heavy atom. The second-order valence-electron chi connectivity index (χ2n) is 10.5. The van der Waals surface area contributed by atoms with E-state index in [1.807, 2.05) is 0 Å². The summed E-state index contributed by atoms with van der Waals surface area (Å²) in [6, 6.07) is 2.79. The molecule has 4 atom stereocenters. The third kappa shape index (κ3) is 16.7. The summed E-state index contributed by atoms with van der Waals surface area (Å²) in [5.74, 6) is -10.1. The van der Waals surface area contributed by atoms with Crippen LogP contribution in [0.15, 0.2) is 35.3 Å². The fraction of sp³-hybridized carbons (Fsp3) is 0.464. The Morgan fingerprint density at radius 2 is 1.28 bits per heavy atom. The van der Waals surface area contributed by atoms with Crippen LogP contribution in [0.4, 0.5) is 13.2 Å². The van der Waals surface area contributed by atoms with Crippen LogP contribution < -0.4 is 38.1 Å². The SMILES string of the molecule is NC(N)=NCCC[C@@H]1NC(=O)[C@H](CCC(=O)O)NC(=O)[C@@H](Cc2ccccc2)NC(=O)[C@H](CC(=O)O)NC(=O)CNC1=O.O=C(O)C(F)(F)F. The number of rotatable bonds is 11. The van der Waals surface area contributed by atoms with Gasteiger partial charge in [-0.05, 0) is 24.8 Å². The number of carbonyl (C=O) groups excluding carboxylic acids is 5. The second-order valence-corrected chi connectivity index (χ2v) is 10.5. The zero-order valence-corrected chi connectivity index (χ0v) is 26.2. The summed E-state index contributed by atoms with van der Waals surface area (Å²) in [5.41, 5.74) is 11.2. The van der Waals surface area contributed by atoms with Gasteiger partial charge in [0.25, 0.3) is 0 Å². The van der Waals surface area contributed by atoms with Crippen LogP contribution in [0.5, 0.6) is 0 Å². The van der Waals surface area contributed by atoms with E-state index in [2.05, 4.69) is 31.6 Å². The monoisotopic (exact) mass is 718 g/mol. The minimum atomic E-state index is -5.08. The molecular weight excluding hydrogens is 681 g/mol. The molecule has 1 heterocycles. The lowest BCUT2D eigenvalue weighted by atomic mass is 10.0. The molecule has 22 heteroatoms. The molecule has 0 radical (unpaired) electrons. The summed E-state index contributed by atoms with van der Waals surface area (Å²) in [6.45, 7) is -0.566. The summed E-state index contributed by atoms with van der Waals surface area (Å²) in [4.78, 5) is 101. The van der Waals surface area contributed by atoms with E-state index in [9.17, 15) is 56.9 Å². The number of carbonyl (C=O) groups is 8. The van der Waals surface area contributed by atoms with Crippen molar-refractivity contribution >= 4 is 53.4 Å². The van der Waals surface area contributed by atoms with Gasteiger partial charge in [0, 0.05) is 19.4 Å². The van der Waals surface area contributed by atoms with E-state index < -0.39 is 97.2 Å². The number of nitrogens with one attached hydrogen (secondary N) is 5. The van der Waals surface area contributed by atoms with Gasteiger partial charge >= 0.3 is 24.1 Å². The predicted octanol–water partition coefficient (Wildman–Crippen LogP) is -2.68. The fourth-order valence-electron chi connectivity index (χ4n) is 4.10. The van der Waals surface area contributed by atoms with Crippen LogP contribution in [-0.2, 0) is 44.8 Å². The molecule has 1 saturated heterocycles. The Balaban J connectivity index is 0.00000161. The van der Waals surface area contributed by atoms with Gasteiger partial charge < -0.3 is 53.4 Å². The Hall–Kier alpha value is -5.96. The van der Waals surface area contributed by atoms with E-state index >= 15 is 0 Å². The molecule has 19 nitrogen and oxygen atoms in total. The van der Waals surface area contributed by atoms with Crippen LogP contribution in [0.25, 0.3) is 0 Å². The Labute approximate surface area is 281 Å². The molecule has 1 aromatic carbocycles. The molecular formula is C28H37F3N8O11. The lowest BCUT2D eigenvalue weighted by Crippen LogP contribution is -2.58. The molecule has 1 aliphatic rings. The lowest BCUT2D eigenvalue weighted by Gasteiger charge is -2.25. The number of hydrogen-bond acceptors (Lipinski definition) is 9. The fourth-order valence-corrected chi connectivity index (χ4v) is 4.10. The molecule has 2 rings (SSSR count). The normalized spacial score (nSPS) is 20.4. The van der Waals surface area contributed by atoms with Crippen LogP contribution >= 0.6 is 0 Å². The summed E-state index contributed by atoms with van der Waals surface area (Å²) in [7, 11) is 0. The van der Waals surface area contributed by atoms with E-state index in [-0.39, 0.29) is 38.2 Å². The maximum absolute atomic E-state index is 13.4. The molecule has 1 aliphatic heterocycles. The second kappa shape index (κ2) is 20.4. The number of aliphatic carboxylic acids is 3. The summed E-state index contributed by atoms with van der Waals surface area (Å²) < 4.78 is 31.7. The van der Waals surface area contributed by atoms with Gasteiger partial charge in [-0.2, -0.15) is 13.2 Å². The number of guanidine groups is 1. The molecule has 50 heavy (non-hydrogen) atoms. The first-order chi connectivity index (χ1) is 23.3. The molecule has 276 valence electrons. The molecule has 1 aromatic rings. The Bertz CT molecular complexity index is 1420. The molecule has 5 amide bonds. The van der Waals surface area contributed by atoms with Crippen molar-refractivity contribution in [3.63, 3.8) is 0 Å². The van der Waals surface area contributed by atoms with Gasteiger partial charge in [-0.3, -0.25) is 38.6 Å². The first kappa shape index (κ1) is 42.1. The molecule has 12 N–H and O–H groups in total. The highest BCUT2D eigenvalue weighted by Gasteiger charge is 2.38. The van der Waals surface area contributed by atoms with Gasteiger partial charge in [0.2, 0.25) is 29.5 Å². The zero-order valence-electron chi connectivity index (χ0n) is 26.2. The lowest BCUT2D eigenvalue weighted by molar-refractivity contribution is -0.192. The van der Waals surface area contributed by atoms with Crippen molar-refractivity contribution in [2.75, 3.05) is 13.1 Å². The van der Waals surface area contributed by atoms with Gasteiger partial charge in [0.1, 0.15) is 24.2 Å². The van der Waals surface area contributed by atoms with Crippen molar-refractivity contribution in [1.29, 1.82) is 0 Å². The standard InChI is InChI=1S/C26H36N8O9.C2HF3O2/c27-26(28)29-10-4-7-15-22(40)30-13-19(35)31-18(12-21(38)39)25(43)34-17(11-14-5-2-1-3-6-14)24(42)33-16(23(41)32-15)8-9-20(36)37;3-2(4,5)1(6)7/h1-3,5-6,15-18H,4,7-13H2,(H,30,40)(H,31,35)(H,32,41)(H,33,42)(H,34,43)(H,36,37)(H,38,39)(H4,27,28,29);(H,6,7)/t15-,16-,17+,18-;/m0./s1. The quantitative estimate of drug-likeness (QED) is 0.0635. The molecule has 0 aliphatic carbocycles. The van der Waals surface area contributed by atoms with Crippen LogP contribution in [0.1, 0.15) is 37.7 Å². The molecule has 0 saturated carbocycles. The minimum absolute atomic E-state index is 0.00607. The Morgan fingerprint density at radius 1 is 0.760 bits per heavy atom. The van der Waals surface area contributed by atoms with Crippen LogP contribution in [0, 0.1) is 0 Å². The maximum atomic E-state index is 13.4. The topological polar surface area (TPSA) is 322 Å². The van der Waals surface area contributed by atoms with Gasteiger partial charge in [-0.1, -0.05) is 30.3 Å². The number of hydrogen-bond donors (Lipinski definition) is 10. The average Bonchev–Trinajstić information content (AvgIpc) is 3.02. The summed E-state index contributed by atoms with van der Waals surface area (Å²) in [6.07, 6.45) is -6.68. The van der Waals surface area contributed by atoms with Crippen LogP contribution in [0.2, 0.25) is 0 Å². The van der Waals surface area contributed by atoms with Crippen LogP contribution in [0.3, 0.4) is 0 Å². The van der Waals surface area contributed by atoms with Crippen LogP contribution in [-0.4, -0.2) is 112 Å². The first-order valence-electron chi connectivity index (χ1n) is 14.6. The van der Waals surface area contributed by atoms with Gasteiger partial charge in [-0.25, -0.2) is 4.79 Å². The number of nitrogens with zero attached hydrogens (tertiary/aromatic N) is 1. The third-order valence-electron chi connectivity index (χ3n) is 6.47. The van der Waals surface area contributed by atoms with Crippen molar-refractivity contribution in [2.24, 2.45) is 16.5 Å². The maximum Gasteiger partial charge on any atom is 0.490 e. The highest BCUT2D eigenvalue weighted by molar-refractivity contribution is 5.98. The van der Waals surface area contributed by atoms with Crippen molar-refractivity contribution < 1.29 is 66.8 Å². The van der Waals surface area contributed by atoms with E-state index in [1.54, 1.807) is 30.3 Å². The van der Waals surface area contributed by atoms with Crippen molar-refractivity contribution in [3.8, 4) is 0 Å². The summed E-state index contributed by atoms with van der Waals surface area (Å²) in [5, 5.41) is 37.5. The summed E-state index contributed by atoms with van der Waals surface area (Å²) >= 11 is 0. The number of benzene rings is 1. The van der Waals surface area contributed by atoms with Crippen molar-refractivity contribution in [2.45, 2.75) is 68.9 Å². The van der Waals surface area contributed by atoms with Crippen molar-refractivity contribution in [1.82, 2.24) is 26.6 Å². The average molecular weight is 719 g/mol. The van der Waals surface area contributed by atoms with E-state index in [1.165, 1.54) is 0 Å². The third-order valence-corrected chi connectivity index (χ3v) is 6.47. The molecule has 1 fully saturated rings. The van der Waals surface area contributed by atoms with E-state index in [4.69, 9.17) is 21.4 Å². The van der Waals surface area contributed by atoms with E-state index in [0.29, 0.717) is 5.56 Å². The number of halogens is 3. The zero-order chi connectivity index (χ0) is 38.0. The number of amides is 5. The highest BCUT2D eigenvalue weighted by Crippen LogP contribution is 2.13. The highest BCUT2D eigenvalue weighted by atomic mass is 19.4. The van der Waals surface area contributed by atoms with Crippen molar-refractivity contribution in [3.05, 3.63) is 35.9 Å². The number of nitrogens with two attached hydrogens (primary N) is 2. The molecule has 0 spiro atoms. The number of aliphatic imine (C=N–C) groups is 1. The number of carboxylic acids is 3. The van der Waals surface area contributed by atoms with Gasteiger partial charge in [0.15, 0.2) is 5.96 Å². The first-order valence-corrected chi connectivity index (χ1v) is 14.6. The molecule has 0 unspecified atom stereocenters. The number of carboxylic acid groups (broad SMARTS) is 3. The largest absolute Gasteiger partial charge is 0.490 e. The minimum Gasteiger partial charge on any atom is -0.481 e. The predicted molar refractivity (Wildman–Crippen MR) is 164 cm³/mol. The molecule has 0 bridgehead atoms. The van der Waals surface area contributed by atoms with Gasteiger partial charge in [-0.15, -0.1) is 0 Å². The molecule has 0 aromatic heterocycles. The number of alkyl halides is 3. The smallest absolute Gasteiger partial charge is 0.481 e. The van der Waals surface area contributed by atoms with Gasteiger partial charge in [0.05, 0.1) is 13.0 Å². The Kier molecular flexibility index (Phi) is 17.2. The van der Waals surface area contributed by atoms with E-state index in [0.717, 1.165) is 0 Å².